The summed E-state index contributed by atoms with van der Waals surface area (Å²) in [5.41, 5.74) is 1.86. The van der Waals surface area contributed by atoms with Crippen molar-refractivity contribution in [2.75, 3.05) is 32.9 Å². The molecule has 2 aromatic carbocycles. The van der Waals surface area contributed by atoms with Crippen molar-refractivity contribution < 1.29 is 26.7 Å². The highest BCUT2D eigenvalue weighted by Gasteiger charge is 2.40. The fourth-order valence-electron chi connectivity index (χ4n) is 4.72. The van der Waals surface area contributed by atoms with Crippen molar-refractivity contribution >= 4 is 10.9 Å². The molecule has 184 valence electrons. The number of fused-ring (bicyclic) bond motifs is 3. The van der Waals surface area contributed by atoms with E-state index in [4.69, 9.17) is 4.74 Å². The van der Waals surface area contributed by atoms with Gasteiger partial charge in [-0.25, -0.2) is 17.6 Å². The number of nitrogens with zero attached hydrogens (tertiary/aromatic N) is 1. The maximum absolute atomic E-state index is 15.7. The highest BCUT2D eigenvalue weighted by molar-refractivity contribution is 5.85. The van der Waals surface area contributed by atoms with Crippen LogP contribution in [0.3, 0.4) is 0 Å². The Bertz CT molecular complexity index is 1120. The van der Waals surface area contributed by atoms with Crippen LogP contribution in [-0.4, -0.2) is 55.3 Å². The molecule has 34 heavy (non-hydrogen) atoms. The van der Waals surface area contributed by atoms with E-state index in [2.05, 4.69) is 10.3 Å². The third-order valence-electron chi connectivity index (χ3n) is 6.25. The lowest BCUT2D eigenvalue weighted by atomic mass is 9.88. The van der Waals surface area contributed by atoms with E-state index in [0.717, 1.165) is 22.5 Å². The highest BCUT2D eigenvalue weighted by atomic mass is 19.3. The van der Waals surface area contributed by atoms with Gasteiger partial charge in [0.05, 0.1) is 24.8 Å². The van der Waals surface area contributed by atoms with Crippen LogP contribution in [0.25, 0.3) is 10.9 Å². The van der Waals surface area contributed by atoms with Crippen molar-refractivity contribution in [3.05, 3.63) is 64.9 Å². The Morgan fingerprint density at radius 2 is 1.94 bits per heavy atom. The lowest BCUT2D eigenvalue weighted by Crippen LogP contribution is -2.45. The molecule has 0 saturated heterocycles. The van der Waals surface area contributed by atoms with Crippen molar-refractivity contribution in [1.29, 1.82) is 0 Å². The van der Waals surface area contributed by atoms with Crippen LogP contribution in [0.2, 0.25) is 0 Å². The number of rotatable bonds is 10. The molecule has 1 aliphatic rings. The molecule has 0 unspecified atom stereocenters. The number of alkyl halides is 3. The molecule has 3 aromatic rings. The number of halogens is 5. The number of para-hydroxylation sites is 1. The van der Waals surface area contributed by atoms with Crippen molar-refractivity contribution in [2.24, 2.45) is 0 Å². The maximum atomic E-state index is 15.7. The van der Waals surface area contributed by atoms with Crippen LogP contribution < -0.4 is 10.1 Å². The summed E-state index contributed by atoms with van der Waals surface area (Å²) in [6, 6.07) is 8.36. The zero-order valence-electron chi connectivity index (χ0n) is 18.9. The molecular weight excluding hydrogens is 453 g/mol. The van der Waals surface area contributed by atoms with Crippen LogP contribution in [0, 0.1) is 11.6 Å². The minimum Gasteiger partial charge on any atom is -0.489 e. The van der Waals surface area contributed by atoms with E-state index in [9.17, 15) is 13.2 Å². The van der Waals surface area contributed by atoms with Gasteiger partial charge in [-0.15, -0.1) is 0 Å². The largest absolute Gasteiger partial charge is 0.489 e. The minimum absolute atomic E-state index is 0.0910. The third-order valence-corrected chi connectivity index (χ3v) is 6.25. The average molecular weight is 482 g/mol. The van der Waals surface area contributed by atoms with Gasteiger partial charge in [-0.2, -0.15) is 0 Å². The summed E-state index contributed by atoms with van der Waals surface area (Å²) >= 11 is 0. The normalized spacial score (nSPS) is 18.6. The maximum Gasteiger partial charge on any atom is 0.251 e. The number of hydrogen-bond donors (Lipinski definition) is 2. The molecule has 2 heterocycles. The fourth-order valence-corrected chi connectivity index (χ4v) is 4.72. The van der Waals surface area contributed by atoms with Crippen LogP contribution in [0.15, 0.2) is 36.4 Å². The zero-order chi connectivity index (χ0) is 24.2. The average Bonchev–Trinajstić information content (AvgIpc) is 3.17. The van der Waals surface area contributed by atoms with Gasteiger partial charge in [-0.1, -0.05) is 18.2 Å². The Labute approximate surface area is 195 Å². The number of H-pyrrole nitrogens is 1. The first kappa shape index (κ1) is 24.5. The zero-order valence-corrected chi connectivity index (χ0v) is 18.9. The Morgan fingerprint density at radius 1 is 1.15 bits per heavy atom. The molecule has 0 aliphatic carbocycles. The van der Waals surface area contributed by atoms with Crippen LogP contribution in [0.4, 0.5) is 22.0 Å². The van der Waals surface area contributed by atoms with E-state index < -0.39 is 37.3 Å². The molecular formula is C25H28F5N3O. The fraction of sp³-hybridized carbons (Fsp3) is 0.440. The standard InChI is InChI=1S/C25H28F5N3O/c1-15-13-17-16-5-2-3-6-19(16)32-24(17)25(33(15)14-21(28)29)22-18(27)7-8-20(23(22)30)34-12-11-31-10-4-9-26/h2-3,5-8,15,21,25,31-32H,4,9-14H2,1H3/t15-,25-/m1/s1. The van der Waals surface area contributed by atoms with E-state index >= 15 is 8.78 Å². The van der Waals surface area contributed by atoms with Crippen LogP contribution in [0.1, 0.15) is 36.2 Å². The summed E-state index contributed by atoms with van der Waals surface area (Å²) in [5, 5.41) is 3.89. The van der Waals surface area contributed by atoms with Gasteiger partial charge in [-0.3, -0.25) is 9.29 Å². The van der Waals surface area contributed by atoms with Gasteiger partial charge >= 0.3 is 0 Å². The van der Waals surface area contributed by atoms with E-state index in [-0.39, 0.29) is 24.0 Å². The van der Waals surface area contributed by atoms with Crippen molar-refractivity contribution in [3.63, 3.8) is 0 Å². The molecule has 0 radical (unpaired) electrons. The summed E-state index contributed by atoms with van der Waals surface area (Å²) in [7, 11) is 0. The van der Waals surface area contributed by atoms with Gasteiger partial charge in [0.1, 0.15) is 12.4 Å². The quantitative estimate of drug-likeness (QED) is 0.302. The van der Waals surface area contributed by atoms with Gasteiger partial charge < -0.3 is 15.0 Å². The second kappa shape index (κ2) is 10.7. The predicted octanol–water partition coefficient (Wildman–Crippen LogP) is 5.38. The molecule has 2 atom stereocenters. The van der Waals surface area contributed by atoms with Crippen LogP contribution in [0.5, 0.6) is 5.75 Å². The molecule has 1 aliphatic heterocycles. The second-order valence-electron chi connectivity index (χ2n) is 8.52. The smallest absolute Gasteiger partial charge is 0.251 e. The molecule has 0 bridgehead atoms. The third kappa shape index (κ3) is 4.90. The first-order valence-corrected chi connectivity index (χ1v) is 11.4. The van der Waals surface area contributed by atoms with E-state index in [1.54, 1.807) is 6.92 Å². The molecule has 1 aromatic heterocycles. The van der Waals surface area contributed by atoms with E-state index in [1.165, 1.54) is 11.0 Å². The summed E-state index contributed by atoms with van der Waals surface area (Å²) in [6.07, 6.45) is -1.83. The SMILES string of the molecule is C[C@@H]1Cc2c([nH]c3ccccc23)[C@@H](c2c(F)ccc(OCCNCCCF)c2F)N1CC(F)F. The first-order chi connectivity index (χ1) is 16.4. The first-order valence-electron chi connectivity index (χ1n) is 11.4. The molecule has 4 rings (SSSR count). The Hall–Kier alpha value is -2.65. The monoisotopic (exact) mass is 481 g/mol. The second-order valence-corrected chi connectivity index (χ2v) is 8.52. The lowest BCUT2D eigenvalue weighted by Gasteiger charge is -2.41. The van der Waals surface area contributed by atoms with Gasteiger partial charge in [-0.05, 0) is 50.1 Å². The lowest BCUT2D eigenvalue weighted by molar-refractivity contribution is 0.0436. The van der Waals surface area contributed by atoms with Crippen molar-refractivity contribution in [3.8, 4) is 5.75 Å². The molecule has 0 saturated carbocycles. The molecule has 0 spiro atoms. The predicted molar refractivity (Wildman–Crippen MR) is 121 cm³/mol. The molecule has 2 N–H and O–H groups in total. The topological polar surface area (TPSA) is 40.3 Å². The van der Waals surface area contributed by atoms with Crippen LogP contribution in [-0.2, 0) is 6.42 Å². The Morgan fingerprint density at radius 3 is 2.71 bits per heavy atom. The molecule has 0 fully saturated rings. The van der Waals surface area contributed by atoms with Crippen molar-refractivity contribution in [2.45, 2.75) is 38.3 Å². The number of nitrogens with one attached hydrogen (secondary N) is 2. The van der Waals surface area contributed by atoms with E-state index in [1.807, 2.05) is 24.3 Å². The summed E-state index contributed by atoms with van der Waals surface area (Å²) in [6.45, 7) is 1.64. The molecule has 9 heteroatoms. The summed E-state index contributed by atoms with van der Waals surface area (Å²) in [5.74, 6) is -1.89. The minimum atomic E-state index is -2.67. The Balaban J connectivity index is 1.73. The van der Waals surface area contributed by atoms with Gasteiger partial charge in [0.2, 0.25) is 0 Å². The van der Waals surface area contributed by atoms with Gasteiger partial charge in [0.25, 0.3) is 6.43 Å². The van der Waals surface area contributed by atoms with E-state index in [0.29, 0.717) is 31.6 Å². The number of benzene rings is 2. The van der Waals surface area contributed by atoms with Gasteiger partial charge in [0, 0.05) is 29.2 Å². The highest BCUT2D eigenvalue weighted by Crippen LogP contribution is 2.43. The number of aromatic amines is 1. The van der Waals surface area contributed by atoms with Gasteiger partial charge in [0.15, 0.2) is 11.6 Å². The molecule has 0 amide bonds. The number of ether oxygens (including phenoxy) is 1. The molecule has 4 nitrogen and oxygen atoms in total. The number of aromatic nitrogens is 1. The summed E-state index contributed by atoms with van der Waals surface area (Å²) in [4.78, 5) is 4.68. The Kier molecular flexibility index (Phi) is 7.73. The van der Waals surface area contributed by atoms with Crippen LogP contribution >= 0.6 is 0 Å². The summed E-state index contributed by atoms with van der Waals surface area (Å²) < 4.78 is 75.6. The van der Waals surface area contributed by atoms with Crippen molar-refractivity contribution in [1.82, 2.24) is 15.2 Å². The number of hydrogen-bond acceptors (Lipinski definition) is 3.